The van der Waals surface area contributed by atoms with Crippen molar-refractivity contribution in [1.29, 1.82) is 0 Å². The van der Waals surface area contributed by atoms with Gasteiger partial charge in [0.25, 0.3) is 0 Å². The van der Waals surface area contributed by atoms with Crippen molar-refractivity contribution in [3.63, 3.8) is 0 Å². The molecule has 1 aromatic heterocycles. The fourth-order valence-electron chi connectivity index (χ4n) is 1.98. The summed E-state index contributed by atoms with van der Waals surface area (Å²) in [6.45, 7) is 2.01. The average molecular weight is 241 g/mol. The van der Waals surface area contributed by atoms with E-state index in [0.717, 1.165) is 22.2 Å². The van der Waals surface area contributed by atoms with E-state index in [1.807, 2.05) is 31.2 Å². The van der Waals surface area contributed by atoms with Gasteiger partial charge in [-0.1, -0.05) is 18.2 Å². The smallest absolute Gasteiger partial charge is 0.199 e. The predicted octanol–water partition coefficient (Wildman–Crippen LogP) is 3.87. The van der Waals surface area contributed by atoms with Gasteiger partial charge in [-0.05, 0) is 42.3 Å². The minimum Gasteiger partial charge on any atom is -0.440 e. The first-order chi connectivity index (χ1) is 8.70. The van der Waals surface area contributed by atoms with Crippen molar-refractivity contribution >= 4 is 11.1 Å². The van der Waals surface area contributed by atoms with Gasteiger partial charge < -0.3 is 4.42 Å². The molecule has 0 N–H and O–H groups in total. The number of oxazole rings is 1. The molecule has 3 rings (SSSR count). The number of nitrogens with zero attached hydrogens (tertiary/aromatic N) is 1. The summed E-state index contributed by atoms with van der Waals surface area (Å²) < 4.78 is 18.7. The second-order valence-corrected chi connectivity index (χ2v) is 4.39. The van der Waals surface area contributed by atoms with Gasteiger partial charge >= 0.3 is 0 Å². The maximum atomic E-state index is 13.1. The van der Waals surface area contributed by atoms with Crippen LogP contribution in [0.1, 0.15) is 17.0 Å². The van der Waals surface area contributed by atoms with Crippen LogP contribution in [0.25, 0.3) is 11.1 Å². The number of rotatable bonds is 2. The lowest BCUT2D eigenvalue weighted by Crippen LogP contribution is -1.88. The Balaban J connectivity index is 1.95. The largest absolute Gasteiger partial charge is 0.440 e. The van der Waals surface area contributed by atoms with Gasteiger partial charge in [-0.25, -0.2) is 9.37 Å². The van der Waals surface area contributed by atoms with E-state index in [-0.39, 0.29) is 5.82 Å². The van der Waals surface area contributed by atoms with E-state index in [9.17, 15) is 4.39 Å². The molecule has 0 radical (unpaired) electrons. The van der Waals surface area contributed by atoms with E-state index < -0.39 is 0 Å². The van der Waals surface area contributed by atoms with Crippen LogP contribution in [0, 0.1) is 12.7 Å². The molecular formula is C15H12FNO. The van der Waals surface area contributed by atoms with Crippen molar-refractivity contribution in [2.75, 3.05) is 0 Å². The number of aromatic nitrogens is 1. The van der Waals surface area contributed by atoms with Gasteiger partial charge in [0.2, 0.25) is 0 Å². The van der Waals surface area contributed by atoms with Crippen molar-refractivity contribution in [2.45, 2.75) is 13.3 Å². The molecule has 2 aromatic carbocycles. The number of aryl methyl sites for hydroxylation is 1. The van der Waals surface area contributed by atoms with Crippen molar-refractivity contribution in [3.05, 3.63) is 65.3 Å². The average Bonchev–Trinajstić information content (AvgIpc) is 2.70. The van der Waals surface area contributed by atoms with Gasteiger partial charge in [0.15, 0.2) is 11.5 Å². The molecule has 18 heavy (non-hydrogen) atoms. The molecule has 0 fully saturated rings. The molecule has 0 spiro atoms. The lowest BCUT2D eigenvalue weighted by molar-refractivity contribution is 0.543. The SMILES string of the molecule is Cc1ccc2nc(Cc3cccc(F)c3)oc2c1. The molecule has 0 saturated carbocycles. The third kappa shape index (κ3) is 2.12. The molecule has 0 aliphatic carbocycles. The fraction of sp³-hybridized carbons (Fsp3) is 0.133. The Labute approximate surface area is 104 Å². The zero-order valence-electron chi connectivity index (χ0n) is 9.98. The second-order valence-electron chi connectivity index (χ2n) is 4.39. The van der Waals surface area contributed by atoms with E-state index in [4.69, 9.17) is 4.42 Å². The van der Waals surface area contributed by atoms with Gasteiger partial charge in [-0.2, -0.15) is 0 Å². The molecule has 0 amide bonds. The molecule has 0 aliphatic heterocycles. The summed E-state index contributed by atoms with van der Waals surface area (Å²) >= 11 is 0. The Kier molecular flexibility index (Phi) is 2.59. The molecular weight excluding hydrogens is 229 g/mol. The molecule has 90 valence electrons. The van der Waals surface area contributed by atoms with Gasteiger partial charge in [0.05, 0.1) is 0 Å². The first kappa shape index (κ1) is 11.0. The Morgan fingerprint density at radius 3 is 2.89 bits per heavy atom. The minimum absolute atomic E-state index is 0.237. The van der Waals surface area contributed by atoms with E-state index in [2.05, 4.69) is 4.98 Å². The standard InChI is InChI=1S/C15H12FNO/c1-10-5-6-13-14(7-10)18-15(17-13)9-11-3-2-4-12(16)8-11/h2-8H,9H2,1H3. The minimum atomic E-state index is -0.237. The third-order valence-electron chi connectivity index (χ3n) is 2.83. The monoisotopic (exact) mass is 241 g/mol. The highest BCUT2D eigenvalue weighted by Gasteiger charge is 2.07. The number of benzene rings is 2. The molecule has 1 heterocycles. The second kappa shape index (κ2) is 4.26. The van der Waals surface area contributed by atoms with Crippen molar-refractivity contribution in [2.24, 2.45) is 0 Å². The summed E-state index contributed by atoms with van der Waals surface area (Å²) in [6.07, 6.45) is 0.505. The fourth-order valence-corrected chi connectivity index (χ4v) is 1.98. The Morgan fingerprint density at radius 1 is 1.17 bits per heavy atom. The Bertz CT molecular complexity index is 703. The van der Waals surface area contributed by atoms with E-state index in [1.165, 1.54) is 12.1 Å². The molecule has 0 aliphatic rings. The van der Waals surface area contributed by atoms with Crippen LogP contribution in [0.2, 0.25) is 0 Å². The summed E-state index contributed by atoms with van der Waals surface area (Å²) in [7, 11) is 0. The lowest BCUT2D eigenvalue weighted by atomic mass is 10.1. The number of hydrogen-bond donors (Lipinski definition) is 0. The molecule has 3 heteroatoms. The third-order valence-corrected chi connectivity index (χ3v) is 2.83. The molecule has 0 bridgehead atoms. The molecule has 2 nitrogen and oxygen atoms in total. The van der Waals surface area contributed by atoms with Crippen LogP contribution in [0.3, 0.4) is 0 Å². The van der Waals surface area contributed by atoms with Crippen LogP contribution in [-0.4, -0.2) is 4.98 Å². The van der Waals surface area contributed by atoms with Crippen molar-refractivity contribution < 1.29 is 8.81 Å². The van der Waals surface area contributed by atoms with Gasteiger partial charge in [-0.15, -0.1) is 0 Å². The van der Waals surface area contributed by atoms with Crippen molar-refractivity contribution in [3.8, 4) is 0 Å². The summed E-state index contributed by atoms with van der Waals surface area (Å²) in [5.74, 6) is 0.376. The number of fused-ring (bicyclic) bond motifs is 1. The van der Waals surface area contributed by atoms with Crippen LogP contribution in [0.5, 0.6) is 0 Å². The maximum absolute atomic E-state index is 13.1. The zero-order valence-corrected chi connectivity index (χ0v) is 9.98. The quantitative estimate of drug-likeness (QED) is 0.680. The van der Waals surface area contributed by atoms with Gasteiger partial charge in [-0.3, -0.25) is 0 Å². The molecule has 0 atom stereocenters. The summed E-state index contributed by atoms with van der Waals surface area (Å²) in [5, 5.41) is 0. The molecule has 3 aromatic rings. The van der Waals surface area contributed by atoms with Crippen LogP contribution in [0.4, 0.5) is 4.39 Å². The summed E-state index contributed by atoms with van der Waals surface area (Å²) in [5.41, 5.74) is 3.61. The normalized spacial score (nSPS) is 11.0. The van der Waals surface area contributed by atoms with E-state index in [0.29, 0.717) is 12.3 Å². The summed E-state index contributed by atoms with van der Waals surface area (Å²) in [6, 6.07) is 12.4. The van der Waals surface area contributed by atoms with Gasteiger partial charge in [0.1, 0.15) is 11.3 Å². The maximum Gasteiger partial charge on any atom is 0.199 e. The first-order valence-corrected chi connectivity index (χ1v) is 5.81. The van der Waals surface area contributed by atoms with Crippen LogP contribution >= 0.6 is 0 Å². The zero-order chi connectivity index (χ0) is 12.5. The topological polar surface area (TPSA) is 26.0 Å². The molecule has 0 unspecified atom stereocenters. The van der Waals surface area contributed by atoms with Crippen LogP contribution in [-0.2, 0) is 6.42 Å². The first-order valence-electron chi connectivity index (χ1n) is 5.81. The summed E-state index contributed by atoms with van der Waals surface area (Å²) in [4.78, 5) is 4.39. The highest BCUT2D eigenvalue weighted by Crippen LogP contribution is 2.19. The van der Waals surface area contributed by atoms with Crippen LogP contribution in [0.15, 0.2) is 46.9 Å². The Morgan fingerprint density at radius 2 is 2.06 bits per heavy atom. The highest BCUT2D eigenvalue weighted by atomic mass is 19.1. The highest BCUT2D eigenvalue weighted by molar-refractivity contribution is 5.73. The lowest BCUT2D eigenvalue weighted by Gasteiger charge is -1.96. The van der Waals surface area contributed by atoms with Crippen molar-refractivity contribution in [1.82, 2.24) is 4.98 Å². The van der Waals surface area contributed by atoms with E-state index >= 15 is 0 Å². The van der Waals surface area contributed by atoms with Gasteiger partial charge in [0, 0.05) is 6.42 Å². The Hall–Kier alpha value is -2.16. The predicted molar refractivity (Wildman–Crippen MR) is 68.0 cm³/mol. The number of hydrogen-bond acceptors (Lipinski definition) is 2. The van der Waals surface area contributed by atoms with E-state index in [1.54, 1.807) is 6.07 Å². The number of halogens is 1. The van der Waals surface area contributed by atoms with Crippen LogP contribution < -0.4 is 0 Å². The molecule has 0 saturated heterocycles.